The molecule has 0 aromatic heterocycles. The SMILES string of the molecule is O=C(OCCCCCCCCO)OCCc1ccc(O)c(O)c1. The molecule has 0 aliphatic carbocycles. The molecule has 0 aliphatic rings. The van der Waals surface area contributed by atoms with Gasteiger partial charge in [0.1, 0.15) is 0 Å². The Labute approximate surface area is 136 Å². The molecule has 6 heteroatoms. The van der Waals surface area contributed by atoms with Crippen LogP contribution in [0.25, 0.3) is 0 Å². The molecular formula is C17H26O6. The molecule has 0 amide bonds. The van der Waals surface area contributed by atoms with Crippen molar-refractivity contribution in [1.82, 2.24) is 0 Å². The fourth-order valence-electron chi connectivity index (χ4n) is 2.09. The third-order valence-corrected chi connectivity index (χ3v) is 3.42. The minimum atomic E-state index is -0.687. The zero-order valence-corrected chi connectivity index (χ0v) is 13.4. The molecular weight excluding hydrogens is 300 g/mol. The Balaban J connectivity index is 2.01. The first-order valence-corrected chi connectivity index (χ1v) is 8.04. The molecule has 1 aromatic rings. The Morgan fingerprint density at radius 3 is 2.22 bits per heavy atom. The van der Waals surface area contributed by atoms with E-state index in [1.54, 1.807) is 6.07 Å². The second-order valence-electron chi connectivity index (χ2n) is 5.36. The number of ether oxygens (including phenoxy) is 2. The average Bonchev–Trinajstić information content (AvgIpc) is 2.53. The van der Waals surface area contributed by atoms with Crippen LogP contribution in [0, 0.1) is 0 Å². The molecule has 0 radical (unpaired) electrons. The number of aliphatic hydroxyl groups is 1. The van der Waals surface area contributed by atoms with Gasteiger partial charge in [0.05, 0.1) is 13.2 Å². The predicted molar refractivity (Wildman–Crippen MR) is 85.6 cm³/mol. The highest BCUT2D eigenvalue weighted by atomic mass is 16.7. The predicted octanol–water partition coefficient (Wildman–Crippen LogP) is 3.13. The van der Waals surface area contributed by atoms with E-state index in [2.05, 4.69) is 0 Å². The zero-order chi connectivity index (χ0) is 16.9. The molecule has 0 spiro atoms. The molecule has 130 valence electrons. The maximum Gasteiger partial charge on any atom is 0.508 e. The molecule has 0 saturated carbocycles. The van der Waals surface area contributed by atoms with Crippen molar-refractivity contribution in [2.45, 2.75) is 44.9 Å². The smallest absolute Gasteiger partial charge is 0.504 e. The Morgan fingerprint density at radius 2 is 1.52 bits per heavy atom. The van der Waals surface area contributed by atoms with Crippen LogP contribution in [0.5, 0.6) is 11.5 Å². The molecule has 0 saturated heterocycles. The van der Waals surface area contributed by atoms with Crippen LogP contribution in [0.2, 0.25) is 0 Å². The van der Waals surface area contributed by atoms with Crippen LogP contribution in [0.3, 0.4) is 0 Å². The summed E-state index contributed by atoms with van der Waals surface area (Å²) in [6, 6.07) is 4.48. The van der Waals surface area contributed by atoms with Crippen molar-refractivity contribution >= 4 is 6.16 Å². The number of carbonyl (C=O) groups excluding carboxylic acids is 1. The van der Waals surface area contributed by atoms with Crippen molar-refractivity contribution in [1.29, 1.82) is 0 Å². The molecule has 0 unspecified atom stereocenters. The summed E-state index contributed by atoms with van der Waals surface area (Å²) in [6.45, 7) is 0.752. The fraction of sp³-hybridized carbons (Fsp3) is 0.588. The Bertz CT molecular complexity index is 460. The van der Waals surface area contributed by atoms with Gasteiger partial charge in [-0.1, -0.05) is 31.7 Å². The second kappa shape index (κ2) is 11.6. The number of aliphatic hydroxyl groups excluding tert-OH is 1. The fourth-order valence-corrected chi connectivity index (χ4v) is 2.09. The largest absolute Gasteiger partial charge is 0.508 e. The molecule has 6 nitrogen and oxygen atoms in total. The first kappa shape index (κ1) is 19.1. The van der Waals surface area contributed by atoms with Gasteiger partial charge in [-0.2, -0.15) is 0 Å². The van der Waals surface area contributed by atoms with Gasteiger partial charge >= 0.3 is 6.16 Å². The van der Waals surface area contributed by atoms with Crippen molar-refractivity contribution in [3.63, 3.8) is 0 Å². The van der Waals surface area contributed by atoms with Crippen molar-refractivity contribution in [2.24, 2.45) is 0 Å². The molecule has 1 rings (SSSR count). The lowest BCUT2D eigenvalue weighted by Crippen LogP contribution is -2.10. The summed E-state index contributed by atoms with van der Waals surface area (Å²) in [7, 11) is 0. The molecule has 0 aliphatic heterocycles. The monoisotopic (exact) mass is 326 g/mol. The van der Waals surface area contributed by atoms with Crippen molar-refractivity contribution < 1.29 is 29.6 Å². The third kappa shape index (κ3) is 8.93. The number of hydrogen-bond donors (Lipinski definition) is 3. The van der Waals surface area contributed by atoms with Gasteiger partial charge in [-0.15, -0.1) is 0 Å². The second-order valence-corrected chi connectivity index (χ2v) is 5.36. The minimum Gasteiger partial charge on any atom is -0.504 e. The highest BCUT2D eigenvalue weighted by Gasteiger charge is 2.05. The summed E-state index contributed by atoms with van der Waals surface area (Å²) in [4.78, 5) is 11.4. The minimum absolute atomic E-state index is 0.157. The number of carbonyl (C=O) groups is 1. The van der Waals surface area contributed by atoms with Crippen molar-refractivity contribution in [3.8, 4) is 11.5 Å². The molecule has 0 fully saturated rings. The number of unbranched alkanes of at least 4 members (excludes halogenated alkanes) is 5. The van der Waals surface area contributed by atoms with E-state index in [1.165, 1.54) is 12.1 Å². The Kier molecular flexibility index (Phi) is 9.63. The molecule has 1 aromatic carbocycles. The number of phenolic OH excluding ortho intramolecular Hbond substituents is 2. The number of rotatable bonds is 11. The summed E-state index contributed by atoms with van der Waals surface area (Å²) in [5.74, 6) is -0.366. The summed E-state index contributed by atoms with van der Waals surface area (Å²) in [6.07, 6.45) is 5.59. The Hall–Kier alpha value is -1.95. The van der Waals surface area contributed by atoms with Crippen molar-refractivity contribution in [3.05, 3.63) is 23.8 Å². The lowest BCUT2D eigenvalue weighted by molar-refractivity contribution is 0.0548. The van der Waals surface area contributed by atoms with Crippen molar-refractivity contribution in [2.75, 3.05) is 19.8 Å². The van der Waals surface area contributed by atoms with E-state index in [-0.39, 0.29) is 24.7 Å². The van der Waals surface area contributed by atoms with E-state index in [9.17, 15) is 15.0 Å². The van der Waals surface area contributed by atoms with Gasteiger partial charge in [0.15, 0.2) is 11.5 Å². The van der Waals surface area contributed by atoms with Gasteiger partial charge in [-0.05, 0) is 30.5 Å². The average molecular weight is 326 g/mol. The van der Waals surface area contributed by atoms with Crippen LogP contribution in [0.15, 0.2) is 18.2 Å². The maximum atomic E-state index is 11.4. The van der Waals surface area contributed by atoms with E-state index in [1.807, 2.05) is 0 Å². The topological polar surface area (TPSA) is 96.2 Å². The number of benzene rings is 1. The Morgan fingerprint density at radius 1 is 0.870 bits per heavy atom. The van der Waals surface area contributed by atoms with Gasteiger partial charge < -0.3 is 24.8 Å². The van der Waals surface area contributed by atoms with E-state index >= 15 is 0 Å². The summed E-state index contributed by atoms with van der Waals surface area (Å²) in [5.41, 5.74) is 0.760. The van der Waals surface area contributed by atoms with E-state index in [0.717, 1.165) is 44.1 Å². The first-order valence-electron chi connectivity index (χ1n) is 8.04. The normalized spacial score (nSPS) is 10.5. The van der Waals surface area contributed by atoms with Crippen LogP contribution in [-0.4, -0.2) is 41.3 Å². The standard InChI is InChI=1S/C17H26O6/c18-10-5-3-1-2-4-6-11-22-17(21)23-12-9-14-7-8-15(19)16(20)13-14/h7-8,13,18-20H,1-6,9-12H2. The van der Waals surface area contributed by atoms with Gasteiger partial charge in [-0.3, -0.25) is 0 Å². The lowest BCUT2D eigenvalue weighted by atomic mass is 10.1. The lowest BCUT2D eigenvalue weighted by Gasteiger charge is -2.07. The molecule has 0 atom stereocenters. The van der Waals surface area contributed by atoms with Gasteiger partial charge in [0, 0.05) is 13.0 Å². The summed E-state index contributed by atoms with van der Waals surface area (Å²) < 4.78 is 9.90. The van der Waals surface area contributed by atoms with Crippen LogP contribution in [0.4, 0.5) is 4.79 Å². The highest BCUT2D eigenvalue weighted by Crippen LogP contribution is 2.24. The molecule has 23 heavy (non-hydrogen) atoms. The van der Waals surface area contributed by atoms with Gasteiger partial charge in [-0.25, -0.2) is 4.79 Å². The third-order valence-electron chi connectivity index (χ3n) is 3.42. The quantitative estimate of drug-likeness (QED) is 0.328. The zero-order valence-electron chi connectivity index (χ0n) is 13.4. The van der Waals surface area contributed by atoms with E-state index in [4.69, 9.17) is 14.6 Å². The van der Waals surface area contributed by atoms with Gasteiger partial charge in [0.25, 0.3) is 0 Å². The molecule has 0 bridgehead atoms. The first-order chi connectivity index (χ1) is 11.1. The van der Waals surface area contributed by atoms with E-state index in [0.29, 0.717) is 13.0 Å². The van der Waals surface area contributed by atoms with Crippen LogP contribution >= 0.6 is 0 Å². The highest BCUT2D eigenvalue weighted by molar-refractivity contribution is 5.59. The van der Waals surface area contributed by atoms with Gasteiger partial charge in [0.2, 0.25) is 0 Å². The summed E-state index contributed by atoms with van der Waals surface area (Å²) >= 11 is 0. The number of aromatic hydroxyl groups is 2. The number of hydrogen-bond acceptors (Lipinski definition) is 6. The summed E-state index contributed by atoms with van der Waals surface area (Å²) in [5, 5.41) is 27.2. The number of phenols is 2. The van der Waals surface area contributed by atoms with E-state index < -0.39 is 6.16 Å². The van der Waals surface area contributed by atoms with Crippen LogP contribution < -0.4 is 0 Å². The molecule has 0 heterocycles. The van der Waals surface area contributed by atoms with Crippen LogP contribution in [-0.2, 0) is 15.9 Å². The maximum absolute atomic E-state index is 11.4. The molecule has 3 N–H and O–H groups in total. The van der Waals surface area contributed by atoms with Crippen LogP contribution in [0.1, 0.15) is 44.1 Å².